The largest absolute Gasteiger partial charge is 0.348 e. The molecule has 1 aromatic heterocycles. The molecule has 0 saturated carbocycles. The van der Waals surface area contributed by atoms with Crippen LogP contribution in [0.4, 0.5) is 0 Å². The highest BCUT2D eigenvalue weighted by atomic mass is 79.9. The molecule has 0 fully saturated rings. The number of hydrogen-bond donors (Lipinski definition) is 1. The van der Waals surface area contributed by atoms with Gasteiger partial charge in [0.15, 0.2) is 0 Å². The molecule has 0 aliphatic carbocycles. The van der Waals surface area contributed by atoms with E-state index in [0.717, 1.165) is 10.2 Å². The number of amides is 1. The molecule has 0 aliphatic heterocycles. The van der Waals surface area contributed by atoms with E-state index in [-0.39, 0.29) is 11.9 Å². The molecule has 1 heterocycles. The maximum atomic E-state index is 11.7. The summed E-state index contributed by atoms with van der Waals surface area (Å²) in [5.74, 6) is 0.0261. The molecule has 1 unspecified atom stereocenters. The third kappa shape index (κ3) is 2.82. The van der Waals surface area contributed by atoms with Crippen LogP contribution in [0.2, 0.25) is 0 Å². The summed E-state index contributed by atoms with van der Waals surface area (Å²) in [5.41, 5.74) is 1.19. The number of carbonyl (C=O) groups excluding carboxylic acids is 1. The minimum absolute atomic E-state index is 0.0261. The SMILES string of the molecule is Cc1cc(C(=O)NC(C)CBr)sc1C. The van der Waals surface area contributed by atoms with Crippen LogP contribution in [-0.2, 0) is 0 Å². The van der Waals surface area contributed by atoms with Crippen molar-refractivity contribution in [2.75, 3.05) is 5.33 Å². The summed E-state index contributed by atoms with van der Waals surface area (Å²) >= 11 is 4.87. The van der Waals surface area contributed by atoms with Crippen molar-refractivity contribution in [3.05, 3.63) is 21.4 Å². The van der Waals surface area contributed by atoms with Crippen molar-refractivity contribution in [2.24, 2.45) is 0 Å². The molecule has 0 spiro atoms. The number of thiophene rings is 1. The van der Waals surface area contributed by atoms with Gasteiger partial charge < -0.3 is 5.32 Å². The topological polar surface area (TPSA) is 29.1 Å². The molecule has 1 aromatic rings. The van der Waals surface area contributed by atoms with E-state index in [9.17, 15) is 4.79 Å². The Bertz CT molecular complexity index is 315. The van der Waals surface area contributed by atoms with E-state index in [4.69, 9.17) is 0 Å². The lowest BCUT2D eigenvalue weighted by atomic mass is 10.3. The van der Waals surface area contributed by atoms with E-state index < -0.39 is 0 Å². The normalized spacial score (nSPS) is 12.6. The van der Waals surface area contributed by atoms with Crippen LogP contribution in [-0.4, -0.2) is 17.3 Å². The lowest BCUT2D eigenvalue weighted by molar-refractivity contribution is 0.0948. The van der Waals surface area contributed by atoms with Gasteiger partial charge in [-0.2, -0.15) is 0 Å². The van der Waals surface area contributed by atoms with Gasteiger partial charge in [-0.3, -0.25) is 4.79 Å². The molecule has 1 atom stereocenters. The fourth-order valence-electron chi connectivity index (χ4n) is 1.02. The van der Waals surface area contributed by atoms with Crippen LogP contribution >= 0.6 is 27.3 Å². The highest BCUT2D eigenvalue weighted by molar-refractivity contribution is 9.09. The number of aryl methyl sites for hydroxylation is 2. The van der Waals surface area contributed by atoms with E-state index >= 15 is 0 Å². The predicted molar refractivity (Wildman–Crippen MR) is 64.5 cm³/mol. The standard InChI is InChI=1S/C10H14BrNOS/c1-6-4-9(14-8(6)3)10(13)12-7(2)5-11/h4,7H,5H2,1-3H3,(H,12,13). The third-order valence-electron chi connectivity index (χ3n) is 2.00. The van der Waals surface area contributed by atoms with E-state index in [0.29, 0.717) is 0 Å². The van der Waals surface area contributed by atoms with Gasteiger partial charge in [-0.05, 0) is 32.4 Å². The second kappa shape index (κ2) is 4.94. The van der Waals surface area contributed by atoms with Gasteiger partial charge >= 0.3 is 0 Å². The zero-order valence-electron chi connectivity index (χ0n) is 8.56. The van der Waals surface area contributed by atoms with Gasteiger partial charge in [0, 0.05) is 16.2 Å². The molecule has 4 heteroatoms. The molecule has 1 N–H and O–H groups in total. The molecule has 2 nitrogen and oxygen atoms in total. The highest BCUT2D eigenvalue weighted by Crippen LogP contribution is 2.20. The Morgan fingerprint density at radius 3 is 2.71 bits per heavy atom. The zero-order valence-corrected chi connectivity index (χ0v) is 11.0. The first kappa shape index (κ1) is 11.7. The quantitative estimate of drug-likeness (QED) is 0.845. The van der Waals surface area contributed by atoms with Gasteiger partial charge in [-0.25, -0.2) is 0 Å². The van der Waals surface area contributed by atoms with E-state index in [2.05, 4.69) is 21.2 Å². The Kier molecular flexibility index (Phi) is 4.13. The predicted octanol–water partition coefficient (Wildman–Crippen LogP) is 2.88. The van der Waals surface area contributed by atoms with Gasteiger partial charge in [-0.15, -0.1) is 11.3 Å². The second-order valence-corrected chi connectivity index (χ2v) is 5.28. The van der Waals surface area contributed by atoms with Gasteiger partial charge in [0.05, 0.1) is 4.88 Å². The lowest BCUT2D eigenvalue weighted by Gasteiger charge is -2.08. The van der Waals surface area contributed by atoms with Gasteiger partial charge in [0.1, 0.15) is 0 Å². The molecule has 1 amide bonds. The van der Waals surface area contributed by atoms with Crippen molar-refractivity contribution in [1.82, 2.24) is 5.32 Å². The minimum Gasteiger partial charge on any atom is -0.348 e. The Balaban J connectivity index is 2.70. The fraction of sp³-hybridized carbons (Fsp3) is 0.500. The summed E-state index contributed by atoms with van der Waals surface area (Å²) in [6.45, 7) is 6.03. The Morgan fingerprint density at radius 1 is 1.64 bits per heavy atom. The fourth-order valence-corrected chi connectivity index (χ4v) is 2.12. The van der Waals surface area contributed by atoms with E-state index in [1.54, 1.807) is 11.3 Å². The van der Waals surface area contributed by atoms with Crippen molar-refractivity contribution in [3.8, 4) is 0 Å². The smallest absolute Gasteiger partial charge is 0.261 e. The number of halogens is 1. The average molecular weight is 276 g/mol. The highest BCUT2D eigenvalue weighted by Gasteiger charge is 2.12. The van der Waals surface area contributed by atoms with Crippen molar-refractivity contribution >= 4 is 33.2 Å². The maximum absolute atomic E-state index is 11.7. The summed E-state index contributed by atoms with van der Waals surface area (Å²) in [7, 11) is 0. The molecule has 14 heavy (non-hydrogen) atoms. The summed E-state index contributed by atoms with van der Waals surface area (Å²) in [4.78, 5) is 13.7. The van der Waals surface area contributed by atoms with Gasteiger partial charge in [0.2, 0.25) is 0 Å². The maximum Gasteiger partial charge on any atom is 0.261 e. The molecule has 78 valence electrons. The lowest BCUT2D eigenvalue weighted by Crippen LogP contribution is -2.32. The van der Waals surface area contributed by atoms with Gasteiger partial charge in [-0.1, -0.05) is 15.9 Å². The first-order valence-corrected chi connectivity index (χ1v) is 6.42. The van der Waals surface area contributed by atoms with Crippen molar-refractivity contribution in [2.45, 2.75) is 26.8 Å². The number of carbonyl (C=O) groups is 1. The Morgan fingerprint density at radius 2 is 2.29 bits per heavy atom. The van der Waals surface area contributed by atoms with Gasteiger partial charge in [0.25, 0.3) is 5.91 Å². The summed E-state index contributed by atoms with van der Waals surface area (Å²) < 4.78 is 0. The third-order valence-corrected chi connectivity index (χ3v) is 4.12. The molecule has 0 aromatic carbocycles. The molecule has 0 bridgehead atoms. The summed E-state index contributed by atoms with van der Waals surface area (Å²) in [6, 6.07) is 2.11. The number of alkyl halides is 1. The van der Waals surface area contributed by atoms with Crippen LogP contribution in [0.3, 0.4) is 0 Å². The van der Waals surface area contributed by atoms with Crippen molar-refractivity contribution in [1.29, 1.82) is 0 Å². The van der Waals surface area contributed by atoms with E-state index in [1.807, 2.05) is 26.8 Å². The molecular weight excluding hydrogens is 262 g/mol. The van der Waals surface area contributed by atoms with Crippen LogP contribution < -0.4 is 5.32 Å². The van der Waals surface area contributed by atoms with Crippen LogP contribution in [0.25, 0.3) is 0 Å². The number of nitrogens with one attached hydrogen (secondary N) is 1. The molecule has 0 aliphatic rings. The number of hydrogen-bond acceptors (Lipinski definition) is 2. The van der Waals surface area contributed by atoms with Crippen LogP contribution in [0.5, 0.6) is 0 Å². The van der Waals surface area contributed by atoms with Crippen molar-refractivity contribution < 1.29 is 4.79 Å². The first-order valence-electron chi connectivity index (χ1n) is 4.48. The Labute approximate surface area is 96.8 Å². The summed E-state index contributed by atoms with van der Waals surface area (Å²) in [6.07, 6.45) is 0. The van der Waals surface area contributed by atoms with Crippen LogP contribution in [0, 0.1) is 13.8 Å². The second-order valence-electron chi connectivity index (χ2n) is 3.38. The minimum atomic E-state index is 0.0261. The van der Waals surface area contributed by atoms with Crippen LogP contribution in [0.15, 0.2) is 6.07 Å². The van der Waals surface area contributed by atoms with Crippen molar-refractivity contribution in [3.63, 3.8) is 0 Å². The van der Waals surface area contributed by atoms with E-state index in [1.165, 1.54) is 10.4 Å². The molecule has 0 radical (unpaired) electrons. The Hall–Kier alpha value is -0.350. The monoisotopic (exact) mass is 275 g/mol. The number of rotatable bonds is 3. The average Bonchev–Trinajstić information content (AvgIpc) is 2.47. The summed E-state index contributed by atoms with van der Waals surface area (Å²) in [5, 5.41) is 3.69. The zero-order chi connectivity index (χ0) is 10.7. The molecular formula is C10H14BrNOS. The first-order chi connectivity index (χ1) is 6.54. The molecule has 1 rings (SSSR count). The van der Waals surface area contributed by atoms with Crippen LogP contribution in [0.1, 0.15) is 27.0 Å². The molecule has 0 saturated heterocycles.